The SMILES string of the molecule is O=C(C=Cc1cn(-c2ccccc2)nc1-c1ccc(F)cc1)N1CCCC1. The minimum Gasteiger partial charge on any atom is -0.339 e. The highest BCUT2D eigenvalue weighted by Gasteiger charge is 2.16. The Balaban J connectivity index is 1.70. The summed E-state index contributed by atoms with van der Waals surface area (Å²) >= 11 is 0. The fourth-order valence-electron chi connectivity index (χ4n) is 3.26. The van der Waals surface area contributed by atoms with E-state index in [0.717, 1.165) is 42.7 Å². The molecule has 27 heavy (non-hydrogen) atoms. The van der Waals surface area contributed by atoms with E-state index in [2.05, 4.69) is 5.10 Å². The predicted octanol–water partition coefficient (Wildman–Crippen LogP) is 4.31. The topological polar surface area (TPSA) is 38.1 Å². The number of nitrogens with zero attached hydrogens (tertiary/aromatic N) is 3. The summed E-state index contributed by atoms with van der Waals surface area (Å²) in [7, 11) is 0. The number of carbonyl (C=O) groups is 1. The molecule has 0 spiro atoms. The average Bonchev–Trinajstić information content (AvgIpc) is 3.38. The minimum atomic E-state index is -0.289. The summed E-state index contributed by atoms with van der Waals surface area (Å²) in [6, 6.07) is 16.0. The quantitative estimate of drug-likeness (QED) is 0.649. The third kappa shape index (κ3) is 3.82. The second-order valence-corrected chi connectivity index (χ2v) is 6.59. The summed E-state index contributed by atoms with van der Waals surface area (Å²) < 4.78 is 15.1. The van der Waals surface area contributed by atoms with Gasteiger partial charge in [-0.05, 0) is 55.3 Å². The summed E-state index contributed by atoms with van der Waals surface area (Å²) in [4.78, 5) is 14.2. The van der Waals surface area contributed by atoms with Crippen molar-refractivity contribution in [1.82, 2.24) is 14.7 Å². The number of carbonyl (C=O) groups excluding carboxylic acids is 1. The highest BCUT2D eigenvalue weighted by molar-refractivity contribution is 5.93. The number of para-hydroxylation sites is 1. The van der Waals surface area contributed by atoms with Crippen LogP contribution in [0.4, 0.5) is 4.39 Å². The Morgan fingerprint density at radius 3 is 2.41 bits per heavy atom. The standard InChI is InChI=1S/C22H20FN3O/c23-19-11-8-17(9-12-19)22-18(10-13-21(27)25-14-4-5-15-25)16-26(24-22)20-6-2-1-3-7-20/h1-3,6-13,16H,4-5,14-15H2. The second kappa shape index (κ2) is 7.58. The van der Waals surface area contributed by atoms with Crippen LogP contribution in [-0.4, -0.2) is 33.7 Å². The van der Waals surface area contributed by atoms with Gasteiger partial charge in [-0.15, -0.1) is 0 Å². The fourth-order valence-corrected chi connectivity index (χ4v) is 3.26. The van der Waals surface area contributed by atoms with Gasteiger partial charge in [0.25, 0.3) is 0 Å². The van der Waals surface area contributed by atoms with E-state index >= 15 is 0 Å². The molecule has 136 valence electrons. The zero-order valence-corrected chi connectivity index (χ0v) is 14.9. The average molecular weight is 361 g/mol. The van der Waals surface area contributed by atoms with Gasteiger partial charge in [0.1, 0.15) is 5.82 Å². The van der Waals surface area contributed by atoms with Gasteiger partial charge in [0.2, 0.25) is 5.91 Å². The Hall–Kier alpha value is -3.21. The lowest BCUT2D eigenvalue weighted by Crippen LogP contribution is -2.25. The molecular weight excluding hydrogens is 341 g/mol. The van der Waals surface area contributed by atoms with Crippen LogP contribution < -0.4 is 0 Å². The van der Waals surface area contributed by atoms with Crippen molar-refractivity contribution in [2.45, 2.75) is 12.8 Å². The van der Waals surface area contributed by atoms with Gasteiger partial charge in [0.05, 0.1) is 11.4 Å². The van der Waals surface area contributed by atoms with E-state index in [-0.39, 0.29) is 11.7 Å². The molecule has 1 aromatic heterocycles. The molecular formula is C22H20FN3O. The number of hydrogen-bond acceptors (Lipinski definition) is 2. The van der Waals surface area contributed by atoms with Crippen LogP contribution in [0.15, 0.2) is 66.9 Å². The van der Waals surface area contributed by atoms with E-state index in [9.17, 15) is 9.18 Å². The molecule has 2 aromatic carbocycles. The molecule has 1 aliphatic rings. The lowest BCUT2D eigenvalue weighted by molar-refractivity contribution is -0.124. The van der Waals surface area contributed by atoms with Crippen LogP contribution in [0, 0.1) is 5.82 Å². The number of halogens is 1. The molecule has 0 atom stereocenters. The van der Waals surface area contributed by atoms with Gasteiger partial charge in [-0.3, -0.25) is 4.79 Å². The fraction of sp³-hybridized carbons (Fsp3) is 0.182. The van der Waals surface area contributed by atoms with Crippen LogP contribution >= 0.6 is 0 Å². The van der Waals surface area contributed by atoms with Crippen LogP contribution in [-0.2, 0) is 4.79 Å². The summed E-state index contributed by atoms with van der Waals surface area (Å²) in [5, 5.41) is 4.67. The van der Waals surface area contributed by atoms with Crippen LogP contribution in [0.1, 0.15) is 18.4 Å². The Kier molecular flexibility index (Phi) is 4.83. The molecule has 0 bridgehead atoms. The highest BCUT2D eigenvalue weighted by Crippen LogP contribution is 2.25. The number of likely N-dealkylation sites (tertiary alicyclic amines) is 1. The van der Waals surface area contributed by atoms with Gasteiger partial charge < -0.3 is 4.90 Å². The Morgan fingerprint density at radius 1 is 1.00 bits per heavy atom. The maximum atomic E-state index is 13.3. The van der Waals surface area contributed by atoms with Gasteiger partial charge >= 0.3 is 0 Å². The van der Waals surface area contributed by atoms with Crippen LogP contribution in [0.5, 0.6) is 0 Å². The minimum absolute atomic E-state index is 0.0185. The van der Waals surface area contributed by atoms with Crippen molar-refractivity contribution in [2.24, 2.45) is 0 Å². The third-order valence-corrected chi connectivity index (χ3v) is 4.70. The van der Waals surface area contributed by atoms with Crippen molar-refractivity contribution in [1.29, 1.82) is 0 Å². The first-order valence-corrected chi connectivity index (χ1v) is 9.09. The van der Waals surface area contributed by atoms with Crippen molar-refractivity contribution in [3.8, 4) is 16.9 Å². The van der Waals surface area contributed by atoms with Crippen molar-refractivity contribution in [3.05, 3.63) is 78.3 Å². The molecule has 1 aliphatic heterocycles. The molecule has 4 nitrogen and oxygen atoms in total. The molecule has 5 heteroatoms. The normalized spacial score (nSPS) is 14.2. The molecule has 0 saturated carbocycles. The molecule has 3 aromatic rings. The molecule has 2 heterocycles. The zero-order chi connectivity index (χ0) is 18.6. The molecule has 4 rings (SSSR count). The molecule has 0 unspecified atom stereocenters. The van der Waals surface area contributed by atoms with Crippen molar-refractivity contribution >= 4 is 12.0 Å². The van der Waals surface area contributed by atoms with E-state index in [1.807, 2.05) is 41.4 Å². The number of rotatable bonds is 4. The first-order valence-electron chi connectivity index (χ1n) is 9.09. The van der Waals surface area contributed by atoms with Crippen LogP contribution in [0.2, 0.25) is 0 Å². The first-order chi connectivity index (χ1) is 13.2. The van der Waals surface area contributed by atoms with Gasteiger partial charge in [0, 0.05) is 36.5 Å². The van der Waals surface area contributed by atoms with Crippen molar-refractivity contribution in [3.63, 3.8) is 0 Å². The Bertz CT molecular complexity index is 955. The Morgan fingerprint density at radius 2 is 1.70 bits per heavy atom. The first kappa shape index (κ1) is 17.2. The summed E-state index contributed by atoms with van der Waals surface area (Å²) in [5.74, 6) is -0.271. The van der Waals surface area contributed by atoms with Gasteiger partial charge in [-0.1, -0.05) is 18.2 Å². The number of amides is 1. The number of benzene rings is 2. The van der Waals surface area contributed by atoms with Gasteiger partial charge in [-0.2, -0.15) is 5.10 Å². The van der Waals surface area contributed by atoms with E-state index in [0.29, 0.717) is 5.69 Å². The Labute approximate surface area is 157 Å². The van der Waals surface area contributed by atoms with Gasteiger partial charge in [0.15, 0.2) is 0 Å². The third-order valence-electron chi connectivity index (χ3n) is 4.70. The summed E-state index contributed by atoms with van der Waals surface area (Å²) in [6.45, 7) is 1.63. The lowest BCUT2D eigenvalue weighted by Gasteiger charge is -2.11. The van der Waals surface area contributed by atoms with E-state index in [1.54, 1.807) is 29.0 Å². The molecule has 1 amide bonds. The molecule has 0 aliphatic carbocycles. The molecule has 0 radical (unpaired) electrons. The van der Waals surface area contributed by atoms with Crippen molar-refractivity contribution in [2.75, 3.05) is 13.1 Å². The largest absolute Gasteiger partial charge is 0.339 e. The lowest BCUT2D eigenvalue weighted by atomic mass is 10.1. The maximum Gasteiger partial charge on any atom is 0.246 e. The van der Waals surface area contributed by atoms with Crippen LogP contribution in [0.3, 0.4) is 0 Å². The summed E-state index contributed by atoms with van der Waals surface area (Å²) in [6.07, 6.45) is 7.41. The maximum absolute atomic E-state index is 13.3. The summed E-state index contributed by atoms with van der Waals surface area (Å²) in [5.41, 5.74) is 3.26. The smallest absolute Gasteiger partial charge is 0.246 e. The molecule has 1 fully saturated rings. The predicted molar refractivity (Wildman–Crippen MR) is 104 cm³/mol. The monoisotopic (exact) mass is 361 g/mol. The number of aromatic nitrogens is 2. The molecule has 1 saturated heterocycles. The highest BCUT2D eigenvalue weighted by atomic mass is 19.1. The zero-order valence-electron chi connectivity index (χ0n) is 14.9. The number of hydrogen-bond donors (Lipinski definition) is 0. The molecule has 0 N–H and O–H groups in total. The van der Waals surface area contributed by atoms with Gasteiger partial charge in [-0.25, -0.2) is 9.07 Å². The van der Waals surface area contributed by atoms with E-state index in [4.69, 9.17) is 0 Å². The van der Waals surface area contributed by atoms with E-state index < -0.39 is 0 Å². The van der Waals surface area contributed by atoms with E-state index in [1.165, 1.54) is 12.1 Å². The second-order valence-electron chi connectivity index (χ2n) is 6.59. The van der Waals surface area contributed by atoms with Crippen LogP contribution in [0.25, 0.3) is 23.0 Å². The van der Waals surface area contributed by atoms with Crippen molar-refractivity contribution < 1.29 is 9.18 Å².